The van der Waals surface area contributed by atoms with Gasteiger partial charge in [-0.25, -0.2) is 0 Å². The molecule has 1 aromatic carbocycles. The number of benzene rings is 1. The fourth-order valence-electron chi connectivity index (χ4n) is 3.30. The Kier molecular flexibility index (Phi) is 6.92. The van der Waals surface area contributed by atoms with E-state index in [4.69, 9.17) is 10.3 Å². The molecule has 0 saturated heterocycles. The highest BCUT2D eigenvalue weighted by Crippen LogP contribution is 2.25. The molecule has 0 unspecified atom stereocenters. The minimum atomic E-state index is -0.288. The van der Waals surface area contributed by atoms with Crippen molar-refractivity contribution in [2.45, 2.75) is 34.2 Å². The summed E-state index contributed by atoms with van der Waals surface area (Å²) in [6.45, 7) is 8.71. The van der Waals surface area contributed by atoms with E-state index >= 15 is 0 Å². The number of hydrogen-bond acceptors (Lipinski definition) is 6. The molecule has 3 rings (SSSR count). The van der Waals surface area contributed by atoms with Crippen LogP contribution in [0.25, 0.3) is 0 Å². The second-order valence-corrected chi connectivity index (χ2v) is 9.26. The molecule has 0 atom stereocenters. The third-order valence-electron chi connectivity index (χ3n) is 5.08. The molecule has 2 heterocycles. The predicted octanol–water partition coefficient (Wildman–Crippen LogP) is 4.23. The Balaban J connectivity index is 1.91. The number of carbonyl (C=O) groups is 2. The standard InChI is InChI=1S/C23H28N4O3S/c1-15-20(16(2)30-26-15)22(29)27(14-23(3,4)13-24)12-17-8-5-6-9-18(17)25-21(28)19-10-7-11-31-19/h5-11H,12-14,24H2,1-4H3,(H,25,28). The number of aryl methyl sites for hydroxylation is 2. The molecule has 3 aromatic rings. The number of rotatable bonds is 8. The van der Waals surface area contributed by atoms with Crippen LogP contribution in [-0.4, -0.2) is 35.0 Å². The number of anilines is 1. The molecule has 2 amide bonds. The molecule has 3 N–H and O–H groups in total. The third-order valence-corrected chi connectivity index (χ3v) is 5.95. The SMILES string of the molecule is Cc1noc(C)c1C(=O)N(Cc1ccccc1NC(=O)c1cccs1)CC(C)(C)CN. The predicted molar refractivity (Wildman–Crippen MR) is 122 cm³/mol. The molecule has 0 spiro atoms. The van der Waals surface area contributed by atoms with Crippen molar-refractivity contribution < 1.29 is 14.1 Å². The van der Waals surface area contributed by atoms with E-state index in [9.17, 15) is 9.59 Å². The van der Waals surface area contributed by atoms with Gasteiger partial charge in [-0.1, -0.05) is 43.3 Å². The van der Waals surface area contributed by atoms with Crippen molar-refractivity contribution in [3.05, 3.63) is 69.2 Å². The summed E-state index contributed by atoms with van der Waals surface area (Å²) in [6, 6.07) is 11.1. The summed E-state index contributed by atoms with van der Waals surface area (Å²) in [5, 5.41) is 8.76. The van der Waals surface area contributed by atoms with Crippen LogP contribution < -0.4 is 11.1 Å². The smallest absolute Gasteiger partial charge is 0.265 e. The first-order chi connectivity index (χ1) is 14.7. The van der Waals surface area contributed by atoms with E-state index in [1.165, 1.54) is 11.3 Å². The van der Waals surface area contributed by atoms with Crippen LogP contribution in [0.15, 0.2) is 46.3 Å². The first kappa shape index (κ1) is 22.7. The number of carbonyl (C=O) groups excluding carboxylic acids is 2. The quantitative estimate of drug-likeness (QED) is 0.546. The van der Waals surface area contributed by atoms with E-state index in [1.807, 2.05) is 49.6 Å². The van der Waals surface area contributed by atoms with Crippen LogP contribution >= 0.6 is 11.3 Å². The molecular weight excluding hydrogens is 412 g/mol. The van der Waals surface area contributed by atoms with Crippen molar-refractivity contribution in [2.75, 3.05) is 18.4 Å². The van der Waals surface area contributed by atoms with Gasteiger partial charge in [-0.05, 0) is 48.9 Å². The average Bonchev–Trinajstić information content (AvgIpc) is 3.38. The van der Waals surface area contributed by atoms with E-state index in [-0.39, 0.29) is 17.2 Å². The zero-order chi connectivity index (χ0) is 22.6. The summed E-state index contributed by atoms with van der Waals surface area (Å²) in [4.78, 5) is 28.4. The van der Waals surface area contributed by atoms with Gasteiger partial charge in [0.1, 0.15) is 11.3 Å². The summed E-state index contributed by atoms with van der Waals surface area (Å²) < 4.78 is 5.21. The maximum absolute atomic E-state index is 13.5. The van der Waals surface area contributed by atoms with Crippen LogP contribution in [0.1, 0.15) is 50.9 Å². The van der Waals surface area contributed by atoms with E-state index in [0.29, 0.717) is 47.2 Å². The first-order valence-electron chi connectivity index (χ1n) is 10.1. The number of amides is 2. The summed E-state index contributed by atoms with van der Waals surface area (Å²) in [5.74, 6) is 0.142. The lowest BCUT2D eigenvalue weighted by atomic mass is 9.92. The Labute approximate surface area is 186 Å². The van der Waals surface area contributed by atoms with Crippen molar-refractivity contribution in [1.29, 1.82) is 0 Å². The van der Waals surface area contributed by atoms with Crippen molar-refractivity contribution in [3.63, 3.8) is 0 Å². The zero-order valence-corrected chi connectivity index (χ0v) is 19.1. The molecule has 0 aliphatic rings. The van der Waals surface area contributed by atoms with E-state index < -0.39 is 0 Å². The van der Waals surface area contributed by atoms with Crippen LogP contribution in [0.3, 0.4) is 0 Å². The molecule has 31 heavy (non-hydrogen) atoms. The number of nitrogens with two attached hydrogens (primary N) is 1. The summed E-state index contributed by atoms with van der Waals surface area (Å²) in [6.07, 6.45) is 0. The lowest BCUT2D eigenvalue weighted by Crippen LogP contribution is -2.42. The highest BCUT2D eigenvalue weighted by atomic mass is 32.1. The third kappa shape index (κ3) is 5.39. The van der Waals surface area contributed by atoms with Gasteiger partial charge in [0.15, 0.2) is 0 Å². The van der Waals surface area contributed by atoms with Crippen molar-refractivity contribution in [1.82, 2.24) is 10.1 Å². The molecule has 0 fully saturated rings. The van der Waals surface area contributed by atoms with Gasteiger partial charge < -0.3 is 20.5 Å². The van der Waals surface area contributed by atoms with Crippen LogP contribution in [0.2, 0.25) is 0 Å². The first-order valence-corrected chi connectivity index (χ1v) is 10.9. The van der Waals surface area contributed by atoms with Crippen LogP contribution in [0.5, 0.6) is 0 Å². The molecule has 8 heteroatoms. The van der Waals surface area contributed by atoms with E-state index in [2.05, 4.69) is 10.5 Å². The number of nitrogens with one attached hydrogen (secondary N) is 1. The minimum Gasteiger partial charge on any atom is -0.361 e. The molecule has 0 radical (unpaired) electrons. The largest absolute Gasteiger partial charge is 0.361 e. The Morgan fingerprint density at radius 3 is 2.55 bits per heavy atom. The van der Waals surface area contributed by atoms with Gasteiger partial charge in [0.2, 0.25) is 0 Å². The molecule has 2 aromatic heterocycles. The van der Waals surface area contributed by atoms with Crippen molar-refractivity contribution in [3.8, 4) is 0 Å². The molecule has 7 nitrogen and oxygen atoms in total. The monoisotopic (exact) mass is 440 g/mol. The zero-order valence-electron chi connectivity index (χ0n) is 18.3. The Bertz CT molecular complexity index is 1040. The Hall–Kier alpha value is -2.97. The lowest BCUT2D eigenvalue weighted by Gasteiger charge is -2.32. The van der Waals surface area contributed by atoms with Crippen molar-refractivity contribution in [2.24, 2.45) is 11.1 Å². The topological polar surface area (TPSA) is 101 Å². The van der Waals surface area contributed by atoms with Gasteiger partial charge >= 0.3 is 0 Å². The number of thiophene rings is 1. The number of hydrogen-bond donors (Lipinski definition) is 2. The van der Waals surface area contributed by atoms with E-state index in [1.54, 1.807) is 24.8 Å². The van der Waals surface area contributed by atoms with Gasteiger partial charge in [0.25, 0.3) is 11.8 Å². The summed E-state index contributed by atoms with van der Waals surface area (Å²) >= 11 is 1.38. The minimum absolute atomic E-state index is 0.169. The molecule has 0 saturated carbocycles. The van der Waals surface area contributed by atoms with Gasteiger partial charge in [0.05, 0.1) is 10.6 Å². The van der Waals surface area contributed by atoms with Gasteiger partial charge in [-0.15, -0.1) is 11.3 Å². The molecule has 0 aliphatic carbocycles. The fourth-order valence-corrected chi connectivity index (χ4v) is 3.92. The van der Waals surface area contributed by atoms with Crippen LogP contribution in [0, 0.1) is 19.3 Å². The average molecular weight is 441 g/mol. The number of para-hydroxylation sites is 1. The number of aromatic nitrogens is 1. The van der Waals surface area contributed by atoms with E-state index in [0.717, 1.165) is 5.56 Å². The van der Waals surface area contributed by atoms with Gasteiger partial charge in [-0.2, -0.15) is 0 Å². The summed E-state index contributed by atoms with van der Waals surface area (Å²) in [7, 11) is 0. The molecule has 0 bridgehead atoms. The highest BCUT2D eigenvalue weighted by molar-refractivity contribution is 7.12. The van der Waals surface area contributed by atoms with Gasteiger partial charge in [0, 0.05) is 18.8 Å². The van der Waals surface area contributed by atoms with Crippen LogP contribution in [-0.2, 0) is 6.54 Å². The van der Waals surface area contributed by atoms with Crippen LogP contribution in [0.4, 0.5) is 5.69 Å². The highest BCUT2D eigenvalue weighted by Gasteiger charge is 2.29. The fraction of sp³-hybridized carbons (Fsp3) is 0.348. The summed E-state index contributed by atoms with van der Waals surface area (Å²) in [5.41, 5.74) is 8.19. The lowest BCUT2D eigenvalue weighted by molar-refractivity contribution is 0.0671. The second kappa shape index (κ2) is 9.45. The van der Waals surface area contributed by atoms with Gasteiger partial charge in [-0.3, -0.25) is 9.59 Å². The normalized spacial score (nSPS) is 11.4. The second-order valence-electron chi connectivity index (χ2n) is 8.32. The molecule has 164 valence electrons. The molecular formula is C23H28N4O3S. The maximum atomic E-state index is 13.5. The Morgan fingerprint density at radius 1 is 1.19 bits per heavy atom. The Morgan fingerprint density at radius 2 is 1.94 bits per heavy atom. The van der Waals surface area contributed by atoms with Crippen molar-refractivity contribution >= 4 is 28.8 Å². The maximum Gasteiger partial charge on any atom is 0.265 e. The number of nitrogens with zero attached hydrogens (tertiary/aromatic N) is 2. The molecule has 0 aliphatic heterocycles.